The first-order chi connectivity index (χ1) is 13.5. The Morgan fingerprint density at radius 2 is 1.93 bits per heavy atom. The Bertz CT molecular complexity index is 1060. The van der Waals surface area contributed by atoms with Crippen LogP contribution < -0.4 is 4.74 Å². The summed E-state index contributed by atoms with van der Waals surface area (Å²) in [6.45, 7) is 2.52. The van der Waals surface area contributed by atoms with Gasteiger partial charge in [-0.05, 0) is 37.6 Å². The molecule has 0 unspecified atom stereocenters. The van der Waals surface area contributed by atoms with Gasteiger partial charge in [0.15, 0.2) is 0 Å². The molecule has 4 rings (SSSR count). The normalized spacial score (nSPS) is 17.7. The van der Waals surface area contributed by atoms with Crippen LogP contribution in [0.3, 0.4) is 0 Å². The van der Waals surface area contributed by atoms with Crippen LogP contribution >= 0.6 is 0 Å². The average Bonchev–Trinajstić information content (AvgIpc) is 3.38. The predicted octanol–water partition coefficient (Wildman–Crippen LogP) is 2.02. The number of hydrogen-bond acceptors (Lipinski definition) is 8. The zero-order valence-electron chi connectivity index (χ0n) is 15.4. The van der Waals surface area contributed by atoms with Crippen LogP contribution in [0.4, 0.5) is 0 Å². The highest BCUT2D eigenvalue weighted by Gasteiger charge is 2.35. The molecule has 3 heterocycles. The van der Waals surface area contributed by atoms with Crippen LogP contribution in [-0.2, 0) is 10.0 Å². The zero-order chi connectivity index (χ0) is 19.7. The Morgan fingerprint density at radius 1 is 1.14 bits per heavy atom. The van der Waals surface area contributed by atoms with Gasteiger partial charge in [0.2, 0.25) is 15.9 Å². The third-order valence-corrected chi connectivity index (χ3v) is 6.52. The minimum atomic E-state index is -3.59. The fourth-order valence-electron chi connectivity index (χ4n) is 3.05. The quantitative estimate of drug-likeness (QED) is 0.638. The van der Waals surface area contributed by atoms with Crippen LogP contribution in [0.5, 0.6) is 5.75 Å². The van der Waals surface area contributed by atoms with Crippen molar-refractivity contribution in [2.24, 2.45) is 0 Å². The first kappa shape index (κ1) is 18.5. The maximum absolute atomic E-state index is 12.9. The number of hydrogen-bond donors (Lipinski definition) is 0. The van der Waals surface area contributed by atoms with Crippen molar-refractivity contribution in [3.8, 4) is 17.3 Å². The number of benzene rings is 1. The number of aryl methyl sites for hydroxylation is 1. The molecule has 2 aromatic heterocycles. The molecule has 1 atom stereocenters. The first-order valence-corrected chi connectivity index (χ1v) is 10.2. The van der Waals surface area contributed by atoms with Gasteiger partial charge in [0.05, 0.1) is 29.8 Å². The molecule has 1 aromatic carbocycles. The van der Waals surface area contributed by atoms with Crippen LogP contribution in [-0.4, -0.2) is 53.1 Å². The highest BCUT2D eigenvalue weighted by molar-refractivity contribution is 7.89. The number of nitrogens with zero attached hydrogens (tertiary/aromatic N) is 5. The topological polar surface area (TPSA) is 111 Å². The molecule has 0 aliphatic carbocycles. The number of rotatable bonds is 5. The van der Waals surface area contributed by atoms with Gasteiger partial charge in [0, 0.05) is 19.3 Å². The Hall–Kier alpha value is -2.85. The summed E-state index contributed by atoms with van der Waals surface area (Å²) in [6.07, 6.45) is 3.80. The fourth-order valence-corrected chi connectivity index (χ4v) is 4.55. The van der Waals surface area contributed by atoms with Gasteiger partial charge in [-0.3, -0.25) is 4.98 Å². The lowest BCUT2D eigenvalue weighted by molar-refractivity contribution is 0.414. The molecule has 146 valence electrons. The van der Waals surface area contributed by atoms with E-state index in [1.165, 1.54) is 11.4 Å². The van der Waals surface area contributed by atoms with E-state index in [0.29, 0.717) is 30.3 Å². The molecule has 3 aromatic rings. The summed E-state index contributed by atoms with van der Waals surface area (Å²) >= 11 is 0. The second-order valence-corrected chi connectivity index (χ2v) is 8.45. The minimum Gasteiger partial charge on any atom is -0.497 e. The smallest absolute Gasteiger partial charge is 0.267 e. The van der Waals surface area contributed by atoms with Gasteiger partial charge in [-0.1, -0.05) is 0 Å². The molecule has 9 nitrogen and oxygen atoms in total. The van der Waals surface area contributed by atoms with Gasteiger partial charge in [-0.2, -0.15) is 4.31 Å². The molecule has 0 saturated carbocycles. The van der Waals surface area contributed by atoms with Crippen molar-refractivity contribution in [3.63, 3.8) is 0 Å². The summed E-state index contributed by atoms with van der Waals surface area (Å²) in [5, 5.41) is 8.11. The molecular weight excluding hydrogens is 382 g/mol. The molecule has 0 radical (unpaired) electrons. The summed E-state index contributed by atoms with van der Waals surface area (Å²) in [5.74, 6) is 1.13. The SMILES string of the molecule is COc1ccc(S(=O)(=O)N2CC[C@H](c3nnc(-c4cnc(C)cn4)o3)C2)cc1. The molecule has 1 aliphatic rings. The summed E-state index contributed by atoms with van der Waals surface area (Å²) in [4.78, 5) is 8.62. The highest BCUT2D eigenvalue weighted by atomic mass is 32.2. The largest absolute Gasteiger partial charge is 0.497 e. The van der Waals surface area contributed by atoms with Crippen molar-refractivity contribution in [1.82, 2.24) is 24.5 Å². The molecule has 0 N–H and O–H groups in total. The zero-order valence-corrected chi connectivity index (χ0v) is 16.3. The van der Waals surface area contributed by atoms with Crippen LogP contribution in [0.1, 0.15) is 23.9 Å². The van der Waals surface area contributed by atoms with E-state index in [4.69, 9.17) is 9.15 Å². The van der Waals surface area contributed by atoms with E-state index in [-0.39, 0.29) is 23.2 Å². The molecule has 1 aliphatic heterocycles. The van der Waals surface area contributed by atoms with E-state index >= 15 is 0 Å². The van der Waals surface area contributed by atoms with E-state index in [9.17, 15) is 8.42 Å². The molecular formula is C18H19N5O4S. The van der Waals surface area contributed by atoms with Gasteiger partial charge < -0.3 is 9.15 Å². The van der Waals surface area contributed by atoms with Crippen molar-refractivity contribution in [2.45, 2.75) is 24.2 Å². The van der Waals surface area contributed by atoms with E-state index in [2.05, 4.69) is 20.2 Å². The maximum Gasteiger partial charge on any atom is 0.267 e. The van der Waals surface area contributed by atoms with Gasteiger partial charge in [0.1, 0.15) is 11.4 Å². The van der Waals surface area contributed by atoms with Gasteiger partial charge >= 0.3 is 0 Å². The fraction of sp³-hybridized carbons (Fsp3) is 0.333. The third kappa shape index (κ3) is 3.48. The van der Waals surface area contributed by atoms with E-state index < -0.39 is 10.0 Å². The van der Waals surface area contributed by atoms with E-state index in [1.807, 2.05) is 6.92 Å². The van der Waals surface area contributed by atoms with Gasteiger partial charge in [0.25, 0.3) is 5.89 Å². The first-order valence-electron chi connectivity index (χ1n) is 8.74. The molecule has 0 bridgehead atoms. The molecule has 0 spiro atoms. The van der Waals surface area contributed by atoms with E-state index in [0.717, 1.165) is 5.69 Å². The molecule has 1 fully saturated rings. The number of aromatic nitrogens is 4. The van der Waals surface area contributed by atoms with Gasteiger partial charge in [-0.15, -0.1) is 10.2 Å². The van der Waals surface area contributed by atoms with Crippen LogP contribution in [0, 0.1) is 6.92 Å². The second kappa shape index (κ2) is 7.28. The van der Waals surface area contributed by atoms with Crippen molar-refractivity contribution in [3.05, 3.63) is 48.2 Å². The number of methoxy groups -OCH3 is 1. The lowest BCUT2D eigenvalue weighted by Gasteiger charge is -2.16. The summed E-state index contributed by atoms with van der Waals surface area (Å²) < 4.78 is 38.0. The van der Waals surface area contributed by atoms with Crippen molar-refractivity contribution >= 4 is 10.0 Å². The lowest BCUT2D eigenvalue weighted by Crippen LogP contribution is -2.28. The average molecular weight is 401 g/mol. The summed E-state index contributed by atoms with van der Waals surface area (Å²) in [7, 11) is -2.05. The molecule has 1 saturated heterocycles. The maximum atomic E-state index is 12.9. The Balaban J connectivity index is 1.50. The molecule has 10 heteroatoms. The van der Waals surface area contributed by atoms with Crippen LogP contribution in [0.25, 0.3) is 11.6 Å². The van der Waals surface area contributed by atoms with Crippen molar-refractivity contribution in [2.75, 3.05) is 20.2 Å². The highest BCUT2D eigenvalue weighted by Crippen LogP contribution is 2.31. The van der Waals surface area contributed by atoms with Gasteiger partial charge in [-0.25, -0.2) is 13.4 Å². The minimum absolute atomic E-state index is 0.160. The second-order valence-electron chi connectivity index (χ2n) is 6.51. The Labute approximate surface area is 162 Å². The lowest BCUT2D eigenvalue weighted by atomic mass is 10.1. The molecule has 0 amide bonds. The van der Waals surface area contributed by atoms with Crippen LogP contribution in [0.15, 0.2) is 46.0 Å². The predicted molar refractivity (Wildman–Crippen MR) is 99.2 cm³/mol. The van der Waals surface area contributed by atoms with Crippen molar-refractivity contribution < 1.29 is 17.6 Å². The summed E-state index contributed by atoms with van der Waals surface area (Å²) in [5.41, 5.74) is 1.28. The summed E-state index contributed by atoms with van der Waals surface area (Å²) in [6, 6.07) is 6.35. The Kier molecular flexibility index (Phi) is 4.82. The monoisotopic (exact) mass is 401 g/mol. The van der Waals surface area contributed by atoms with Crippen molar-refractivity contribution in [1.29, 1.82) is 0 Å². The van der Waals surface area contributed by atoms with Crippen LogP contribution in [0.2, 0.25) is 0 Å². The third-order valence-electron chi connectivity index (χ3n) is 4.64. The molecule has 28 heavy (non-hydrogen) atoms. The number of ether oxygens (including phenoxy) is 1. The standard InChI is InChI=1S/C18H19N5O4S/c1-12-9-20-16(10-19-12)18-22-21-17(27-18)13-7-8-23(11-13)28(24,25)15-5-3-14(26-2)4-6-15/h3-6,9-10,13H,7-8,11H2,1-2H3/t13-/m0/s1. The number of sulfonamides is 1. The Morgan fingerprint density at radius 3 is 2.61 bits per heavy atom. The van der Waals surface area contributed by atoms with E-state index in [1.54, 1.807) is 36.7 Å².